The number of sulfonamides is 1. The van der Waals surface area contributed by atoms with Gasteiger partial charge in [-0.2, -0.15) is 0 Å². The van der Waals surface area contributed by atoms with Crippen molar-refractivity contribution in [3.8, 4) is 11.5 Å². The highest BCUT2D eigenvalue weighted by atomic mass is 35.5. The van der Waals surface area contributed by atoms with Gasteiger partial charge in [0.2, 0.25) is 10.0 Å². The quantitative estimate of drug-likeness (QED) is 0.819. The fraction of sp³-hybridized carbons (Fsp3) is 0.278. The summed E-state index contributed by atoms with van der Waals surface area (Å²) in [6.07, 6.45) is 0.0629. The molecule has 9 heteroatoms. The van der Waals surface area contributed by atoms with Crippen molar-refractivity contribution < 1.29 is 22.7 Å². The molecule has 0 radical (unpaired) electrons. The zero-order valence-corrected chi connectivity index (χ0v) is 16.4. The summed E-state index contributed by atoms with van der Waals surface area (Å²) in [6.45, 7) is 2.22. The molecule has 7 nitrogen and oxygen atoms in total. The molecule has 0 saturated heterocycles. The molecule has 3 rings (SSSR count). The molecule has 1 amide bonds. The Labute approximate surface area is 162 Å². The van der Waals surface area contributed by atoms with Gasteiger partial charge >= 0.3 is 0 Å². The SMILES string of the molecule is CCOc1cccc(NC(=O)C2CN(S(C)(=O)=O)c3cc(Cl)ccc3O2)c1. The summed E-state index contributed by atoms with van der Waals surface area (Å²) in [6, 6.07) is 11.6. The zero-order valence-electron chi connectivity index (χ0n) is 14.8. The molecule has 27 heavy (non-hydrogen) atoms. The number of ether oxygens (including phenoxy) is 2. The molecule has 144 valence electrons. The van der Waals surface area contributed by atoms with Gasteiger partial charge in [-0.05, 0) is 37.3 Å². The Kier molecular flexibility index (Phi) is 5.48. The van der Waals surface area contributed by atoms with Crippen molar-refractivity contribution >= 4 is 38.9 Å². The van der Waals surface area contributed by atoms with Crippen LogP contribution in [0.1, 0.15) is 6.92 Å². The lowest BCUT2D eigenvalue weighted by Crippen LogP contribution is -2.48. The van der Waals surface area contributed by atoms with E-state index in [1.54, 1.807) is 36.4 Å². The number of nitrogens with one attached hydrogen (secondary N) is 1. The van der Waals surface area contributed by atoms with Crippen LogP contribution in [0.5, 0.6) is 11.5 Å². The third-order valence-electron chi connectivity index (χ3n) is 3.90. The van der Waals surface area contributed by atoms with Gasteiger partial charge in [-0.1, -0.05) is 17.7 Å². The first kappa shape index (κ1) is 19.3. The Morgan fingerprint density at radius 1 is 1.33 bits per heavy atom. The van der Waals surface area contributed by atoms with Crippen molar-refractivity contribution in [3.05, 3.63) is 47.5 Å². The van der Waals surface area contributed by atoms with Crippen LogP contribution in [-0.4, -0.2) is 39.8 Å². The van der Waals surface area contributed by atoms with E-state index in [2.05, 4.69) is 5.32 Å². The van der Waals surface area contributed by atoms with Gasteiger partial charge in [0.25, 0.3) is 5.91 Å². The number of anilines is 2. The van der Waals surface area contributed by atoms with Crippen molar-refractivity contribution in [2.45, 2.75) is 13.0 Å². The number of halogens is 1. The van der Waals surface area contributed by atoms with Crippen molar-refractivity contribution in [2.24, 2.45) is 0 Å². The number of fused-ring (bicyclic) bond motifs is 1. The fourth-order valence-corrected chi connectivity index (χ4v) is 3.80. The highest BCUT2D eigenvalue weighted by molar-refractivity contribution is 7.92. The first-order valence-electron chi connectivity index (χ1n) is 8.25. The standard InChI is InChI=1S/C18H19ClN2O5S/c1-3-25-14-6-4-5-13(10-14)20-18(22)17-11-21(27(2,23)24)15-9-12(19)7-8-16(15)26-17/h4-10,17H,3,11H2,1-2H3,(H,20,22). The summed E-state index contributed by atoms with van der Waals surface area (Å²) in [5.74, 6) is 0.440. The molecule has 1 aliphatic heterocycles. The Morgan fingerprint density at radius 3 is 2.81 bits per heavy atom. The first-order valence-corrected chi connectivity index (χ1v) is 10.5. The third kappa shape index (κ3) is 4.45. The molecule has 1 N–H and O–H groups in total. The van der Waals surface area contributed by atoms with Gasteiger partial charge in [0, 0.05) is 16.8 Å². The van der Waals surface area contributed by atoms with Crippen LogP contribution in [0.15, 0.2) is 42.5 Å². The van der Waals surface area contributed by atoms with Gasteiger partial charge in [0.05, 0.1) is 25.1 Å². The molecule has 1 aliphatic rings. The minimum atomic E-state index is -3.61. The number of amides is 1. The number of nitrogens with zero attached hydrogens (tertiary/aromatic N) is 1. The molecular weight excluding hydrogens is 392 g/mol. The van der Waals surface area contributed by atoms with Gasteiger partial charge in [-0.25, -0.2) is 8.42 Å². The molecule has 0 bridgehead atoms. The second-order valence-electron chi connectivity index (χ2n) is 5.96. The average Bonchev–Trinajstić information content (AvgIpc) is 2.60. The lowest BCUT2D eigenvalue weighted by atomic mass is 10.2. The van der Waals surface area contributed by atoms with E-state index >= 15 is 0 Å². The van der Waals surface area contributed by atoms with Gasteiger partial charge in [-0.3, -0.25) is 9.10 Å². The van der Waals surface area contributed by atoms with Gasteiger partial charge < -0.3 is 14.8 Å². The van der Waals surface area contributed by atoms with Crippen molar-refractivity contribution in [2.75, 3.05) is 29.0 Å². The molecular formula is C18H19ClN2O5S. The monoisotopic (exact) mass is 410 g/mol. The zero-order chi connectivity index (χ0) is 19.6. The lowest BCUT2D eigenvalue weighted by molar-refractivity contribution is -0.122. The summed E-state index contributed by atoms with van der Waals surface area (Å²) in [4.78, 5) is 12.7. The largest absolute Gasteiger partial charge is 0.494 e. The molecule has 1 atom stereocenters. The van der Waals surface area contributed by atoms with E-state index in [0.717, 1.165) is 10.6 Å². The van der Waals surface area contributed by atoms with Crippen LogP contribution in [0.25, 0.3) is 0 Å². The Balaban J connectivity index is 1.84. The van der Waals surface area contributed by atoms with Crippen molar-refractivity contribution in [3.63, 3.8) is 0 Å². The normalized spacial score (nSPS) is 16.3. The molecule has 0 saturated carbocycles. The van der Waals surface area contributed by atoms with Gasteiger partial charge in [0.15, 0.2) is 6.10 Å². The third-order valence-corrected chi connectivity index (χ3v) is 5.28. The number of rotatable bonds is 5. The van der Waals surface area contributed by atoms with Crippen LogP contribution in [-0.2, 0) is 14.8 Å². The van der Waals surface area contributed by atoms with Gasteiger partial charge in [-0.15, -0.1) is 0 Å². The molecule has 0 spiro atoms. The van der Waals surface area contributed by atoms with E-state index < -0.39 is 22.0 Å². The number of benzene rings is 2. The van der Waals surface area contributed by atoms with E-state index in [9.17, 15) is 13.2 Å². The Hall–Kier alpha value is -2.45. The average molecular weight is 411 g/mol. The Bertz CT molecular complexity index is 964. The molecule has 0 aromatic heterocycles. The predicted octanol–water partition coefficient (Wildman–Crippen LogP) is 2.90. The molecule has 0 fully saturated rings. The summed E-state index contributed by atoms with van der Waals surface area (Å²) < 4.78 is 36.6. The van der Waals surface area contributed by atoms with Crippen LogP contribution < -0.4 is 19.1 Å². The number of hydrogen-bond donors (Lipinski definition) is 1. The topological polar surface area (TPSA) is 84.9 Å². The highest BCUT2D eigenvalue weighted by Crippen LogP contribution is 2.37. The number of carbonyl (C=O) groups is 1. The lowest BCUT2D eigenvalue weighted by Gasteiger charge is -2.34. The fourth-order valence-electron chi connectivity index (χ4n) is 2.73. The van der Waals surface area contributed by atoms with E-state index in [0.29, 0.717) is 28.8 Å². The highest BCUT2D eigenvalue weighted by Gasteiger charge is 2.35. The predicted molar refractivity (Wildman–Crippen MR) is 104 cm³/mol. The van der Waals surface area contributed by atoms with E-state index in [1.807, 2.05) is 6.92 Å². The second kappa shape index (κ2) is 7.66. The van der Waals surface area contributed by atoms with Crippen LogP contribution >= 0.6 is 11.6 Å². The van der Waals surface area contributed by atoms with Gasteiger partial charge in [0.1, 0.15) is 11.5 Å². The van der Waals surface area contributed by atoms with Crippen LogP contribution in [0.3, 0.4) is 0 Å². The summed E-state index contributed by atoms with van der Waals surface area (Å²) in [7, 11) is -3.61. The van der Waals surface area contributed by atoms with E-state index in [-0.39, 0.29) is 12.3 Å². The maximum absolute atomic E-state index is 12.7. The van der Waals surface area contributed by atoms with Crippen LogP contribution in [0, 0.1) is 0 Å². The minimum Gasteiger partial charge on any atom is -0.494 e. The molecule has 2 aromatic rings. The maximum Gasteiger partial charge on any atom is 0.267 e. The maximum atomic E-state index is 12.7. The van der Waals surface area contributed by atoms with E-state index in [4.69, 9.17) is 21.1 Å². The first-order chi connectivity index (χ1) is 12.8. The molecule has 1 unspecified atom stereocenters. The number of hydrogen-bond acceptors (Lipinski definition) is 5. The molecule has 1 heterocycles. The summed E-state index contributed by atoms with van der Waals surface area (Å²) in [5.41, 5.74) is 0.842. The molecule has 2 aromatic carbocycles. The van der Waals surface area contributed by atoms with Crippen molar-refractivity contribution in [1.82, 2.24) is 0 Å². The van der Waals surface area contributed by atoms with Crippen molar-refractivity contribution in [1.29, 1.82) is 0 Å². The minimum absolute atomic E-state index is 0.150. The second-order valence-corrected chi connectivity index (χ2v) is 8.31. The van der Waals surface area contributed by atoms with Crippen LogP contribution in [0.4, 0.5) is 11.4 Å². The van der Waals surface area contributed by atoms with E-state index in [1.165, 1.54) is 6.07 Å². The Morgan fingerprint density at radius 2 is 2.11 bits per heavy atom. The summed E-state index contributed by atoms with van der Waals surface area (Å²) >= 11 is 5.97. The summed E-state index contributed by atoms with van der Waals surface area (Å²) in [5, 5.41) is 3.11. The molecule has 0 aliphatic carbocycles. The van der Waals surface area contributed by atoms with Crippen LogP contribution in [0.2, 0.25) is 5.02 Å². The number of carbonyl (C=O) groups excluding carboxylic acids is 1. The smallest absolute Gasteiger partial charge is 0.267 e.